The van der Waals surface area contributed by atoms with Gasteiger partial charge in [0.05, 0.1) is 0 Å². The molecule has 0 saturated heterocycles. The monoisotopic (exact) mass is 156 g/mol. The van der Waals surface area contributed by atoms with Gasteiger partial charge in [-0.05, 0) is 0 Å². The van der Waals surface area contributed by atoms with E-state index in [0.29, 0.717) is 0 Å². The Kier molecular flexibility index (Phi) is 1.86. The summed E-state index contributed by atoms with van der Waals surface area (Å²) in [7, 11) is 1.35. The van der Waals surface area contributed by atoms with E-state index in [1.807, 2.05) is 0 Å². The second-order valence-electron chi connectivity index (χ2n) is 1.95. The quantitative estimate of drug-likeness (QED) is 0.553. The second kappa shape index (κ2) is 2.67. The van der Waals surface area contributed by atoms with Gasteiger partial charge in [0.1, 0.15) is 6.61 Å². The van der Waals surface area contributed by atoms with E-state index >= 15 is 0 Å². The van der Waals surface area contributed by atoms with Crippen LogP contribution < -0.4 is 5.56 Å². The lowest BCUT2D eigenvalue weighted by molar-refractivity contribution is 0.163. The molecule has 0 unspecified atom stereocenters. The van der Waals surface area contributed by atoms with E-state index in [0.717, 1.165) is 4.57 Å². The Balaban J connectivity index is 3.37. The fraction of sp³-hybridized carbons (Fsp3) is 0.400. The van der Waals surface area contributed by atoms with E-state index in [9.17, 15) is 9.90 Å². The molecule has 0 fully saturated rings. The van der Waals surface area contributed by atoms with Gasteiger partial charge in [-0.15, -0.1) is 10.2 Å². The van der Waals surface area contributed by atoms with Crippen molar-refractivity contribution in [3.8, 4) is 5.88 Å². The first kappa shape index (κ1) is 7.67. The molecule has 1 radical (unpaired) electrons. The summed E-state index contributed by atoms with van der Waals surface area (Å²) in [4.78, 5) is 10.8. The zero-order valence-corrected chi connectivity index (χ0v) is 5.81. The molecule has 0 spiro atoms. The van der Waals surface area contributed by atoms with Crippen molar-refractivity contribution < 1.29 is 10.2 Å². The van der Waals surface area contributed by atoms with Crippen molar-refractivity contribution in [3.63, 3.8) is 0 Å². The molecule has 6 nitrogen and oxygen atoms in total. The van der Waals surface area contributed by atoms with Crippen LogP contribution >= 0.6 is 0 Å². The summed E-state index contributed by atoms with van der Waals surface area (Å²) in [6, 6.07) is 0. The zero-order chi connectivity index (χ0) is 8.43. The molecule has 0 aliphatic heterocycles. The van der Waals surface area contributed by atoms with Gasteiger partial charge >= 0.3 is 5.56 Å². The van der Waals surface area contributed by atoms with Crippen LogP contribution in [-0.4, -0.2) is 19.9 Å². The van der Waals surface area contributed by atoms with Crippen LogP contribution in [0.3, 0.4) is 0 Å². The highest BCUT2D eigenvalue weighted by molar-refractivity contribution is 5.00. The van der Waals surface area contributed by atoms with Crippen molar-refractivity contribution in [3.05, 3.63) is 16.2 Å². The summed E-state index contributed by atoms with van der Waals surface area (Å²) >= 11 is 0. The number of aromatic nitrogens is 3. The standard InChI is InChI=1S/C5H6N3O3/c1-8-3(2-9)6-7-4(10)5(8)11/h2H2,1H3,(H,7,10). The average molecular weight is 156 g/mol. The van der Waals surface area contributed by atoms with Gasteiger partial charge in [-0.2, -0.15) is 0 Å². The molecular formula is C5H6N3O3. The Morgan fingerprint density at radius 3 is 2.73 bits per heavy atom. The fourth-order valence-electron chi connectivity index (χ4n) is 0.608. The highest BCUT2D eigenvalue weighted by Gasteiger charge is 2.05. The second-order valence-corrected chi connectivity index (χ2v) is 1.95. The summed E-state index contributed by atoms with van der Waals surface area (Å²) in [5.74, 6) is -0.683. The van der Waals surface area contributed by atoms with Crippen LogP contribution in [0.5, 0.6) is 5.88 Å². The van der Waals surface area contributed by atoms with E-state index in [-0.39, 0.29) is 5.82 Å². The number of nitrogens with zero attached hydrogens (tertiary/aromatic N) is 3. The van der Waals surface area contributed by atoms with Crippen molar-refractivity contribution in [2.24, 2.45) is 7.05 Å². The van der Waals surface area contributed by atoms with Crippen LogP contribution in [0.25, 0.3) is 0 Å². The summed E-state index contributed by atoms with van der Waals surface area (Å²) in [6.45, 7) is -0.626. The number of hydrogen-bond donors (Lipinski definition) is 1. The van der Waals surface area contributed by atoms with Gasteiger partial charge in [-0.3, -0.25) is 9.36 Å². The molecule has 0 aliphatic carbocycles. The van der Waals surface area contributed by atoms with Gasteiger partial charge in [-0.1, -0.05) is 0 Å². The lowest BCUT2D eigenvalue weighted by Crippen LogP contribution is -2.22. The molecule has 1 aromatic heterocycles. The predicted octanol–water partition coefficient (Wildman–Crippen LogP) is -1.19. The average Bonchev–Trinajstić information content (AvgIpc) is 2.01. The van der Waals surface area contributed by atoms with Crippen LogP contribution in [0.1, 0.15) is 5.82 Å². The lowest BCUT2D eigenvalue weighted by atomic mass is 10.6. The molecule has 0 amide bonds. The minimum absolute atomic E-state index is 0.00722. The van der Waals surface area contributed by atoms with E-state index in [1.165, 1.54) is 7.05 Å². The Bertz CT molecular complexity index is 319. The Morgan fingerprint density at radius 2 is 2.18 bits per heavy atom. The van der Waals surface area contributed by atoms with Gasteiger partial charge in [0.2, 0.25) is 0 Å². The summed E-state index contributed by atoms with van der Waals surface area (Å²) in [5, 5.41) is 25.4. The lowest BCUT2D eigenvalue weighted by Gasteiger charge is -2.00. The number of aromatic hydroxyl groups is 1. The van der Waals surface area contributed by atoms with Crippen LogP contribution in [0, 0.1) is 0 Å². The minimum Gasteiger partial charge on any atom is -0.488 e. The molecular weight excluding hydrogens is 150 g/mol. The Hall–Kier alpha value is -1.43. The summed E-state index contributed by atoms with van der Waals surface area (Å²) in [5.41, 5.74) is -0.703. The molecule has 0 atom stereocenters. The van der Waals surface area contributed by atoms with Crippen LogP contribution in [0.15, 0.2) is 4.79 Å². The predicted molar refractivity (Wildman–Crippen MR) is 33.3 cm³/mol. The van der Waals surface area contributed by atoms with E-state index in [2.05, 4.69) is 10.2 Å². The molecule has 11 heavy (non-hydrogen) atoms. The maximum absolute atomic E-state index is 10.8. The molecule has 6 heteroatoms. The third-order valence-electron chi connectivity index (χ3n) is 1.27. The van der Waals surface area contributed by atoms with Crippen LogP contribution in [0.2, 0.25) is 0 Å². The van der Waals surface area contributed by atoms with Gasteiger partial charge < -0.3 is 5.11 Å². The normalized spacial score (nSPS) is 10.0. The number of rotatable bonds is 1. The molecule has 0 bridgehead atoms. The molecule has 1 aromatic rings. The van der Waals surface area contributed by atoms with Gasteiger partial charge in [-0.25, -0.2) is 5.11 Å². The van der Waals surface area contributed by atoms with Crippen LogP contribution in [-0.2, 0) is 18.8 Å². The molecule has 0 aliphatic rings. The third-order valence-corrected chi connectivity index (χ3v) is 1.27. The van der Waals surface area contributed by atoms with Gasteiger partial charge in [0.15, 0.2) is 5.82 Å². The topological polar surface area (TPSA) is 87.9 Å². The zero-order valence-electron chi connectivity index (χ0n) is 5.81. The maximum atomic E-state index is 10.8. The van der Waals surface area contributed by atoms with Gasteiger partial charge in [0.25, 0.3) is 5.88 Å². The molecule has 1 rings (SSSR count). The smallest absolute Gasteiger partial charge is 0.315 e. The van der Waals surface area contributed by atoms with Crippen molar-refractivity contribution in [1.29, 1.82) is 0 Å². The Labute approximate surface area is 61.7 Å². The third kappa shape index (κ3) is 1.20. The SMILES string of the molecule is Cn1c(C[O])nnc(O)c1=O. The summed E-state index contributed by atoms with van der Waals surface area (Å²) in [6.07, 6.45) is 0. The highest BCUT2D eigenvalue weighted by Crippen LogP contribution is 1.92. The van der Waals surface area contributed by atoms with Crippen molar-refractivity contribution in [1.82, 2.24) is 14.8 Å². The first-order valence-electron chi connectivity index (χ1n) is 2.86. The van der Waals surface area contributed by atoms with Crippen molar-refractivity contribution >= 4 is 0 Å². The van der Waals surface area contributed by atoms with E-state index in [1.54, 1.807) is 0 Å². The van der Waals surface area contributed by atoms with E-state index in [4.69, 9.17) is 5.11 Å². The highest BCUT2D eigenvalue weighted by atomic mass is 16.3. The Morgan fingerprint density at radius 1 is 1.55 bits per heavy atom. The van der Waals surface area contributed by atoms with E-state index < -0.39 is 18.0 Å². The molecule has 59 valence electrons. The molecule has 1 heterocycles. The largest absolute Gasteiger partial charge is 0.488 e. The minimum atomic E-state index is -0.703. The molecule has 0 saturated carbocycles. The fourth-order valence-corrected chi connectivity index (χ4v) is 0.608. The van der Waals surface area contributed by atoms with Crippen molar-refractivity contribution in [2.75, 3.05) is 0 Å². The number of hydrogen-bond acceptors (Lipinski definition) is 4. The molecule has 1 N–H and O–H groups in total. The van der Waals surface area contributed by atoms with Gasteiger partial charge in [0, 0.05) is 7.05 Å². The first-order chi connectivity index (χ1) is 5.16. The van der Waals surface area contributed by atoms with Crippen LogP contribution in [0.4, 0.5) is 0 Å². The maximum Gasteiger partial charge on any atom is 0.315 e. The van der Waals surface area contributed by atoms with Crippen molar-refractivity contribution in [2.45, 2.75) is 6.61 Å². The molecule has 0 aromatic carbocycles. The summed E-state index contributed by atoms with van der Waals surface area (Å²) < 4.78 is 0.968. The first-order valence-corrected chi connectivity index (χ1v) is 2.86.